The second-order valence-corrected chi connectivity index (χ2v) is 12.4. The number of anilines is 1. The van der Waals surface area contributed by atoms with Gasteiger partial charge in [-0.2, -0.15) is 0 Å². The normalized spacial score (nSPS) is 15.8. The Labute approximate surface area is 240 Å². The number of amides is 1. The maximum Gasteiger partial charge on any atom is 0.265 e. The van der Waals surface area contributed by atoms with Crippen molar-refractivity contribution in [2.45, 2.75) is 43.7 Å². The van der Waals surface area contributed by atoms with Crippen LogP contribution in [0.2, 0.25) is 5.02 Å². The fourth-order valence-corrected chi connectivity index (χ4v) is 6.34. The number of benzene rings is 3. The number of sulfonamides is 1. The lowest BCUT2D eigenvalue weighted by molar-refractivity contribution is -0.120. The van der Waals surface area contributed by atoms with E-state index >= 15 is 0 Å². The number of fused-ring (bicyclic) bond motifs is 1. The molecule has 0 aliphatic carbocycles. The van der Waals surface area contributed by atoms with Gasteiger partial charge in [-0.3, -0.25) is 9.10 Å². The molecule has 0 saturated heterocycles. The van der Waals surface area contributed by atoms with Crippen LogP contribution < -0.4 is 28.6 Å². The second-order valence-electron chi connectivity index (χ2n) is 10.1. The molecule has 11 heteroatoms. The molecular weight excluding hydrogens is 556 g/mol. The largest absolute Gasteiger partial charge is 0.495 e. The highest BCUT2D eigenvalue weighted by molar-refractivity contribution is 7.92. The molecule has 1 atom stereocenters. The topological polar surface area (TPSA) is 103 Å². The Morgan fingerprint density at radius 3 is 2.35 bits per heavy atom. The van der Waals surface area contributed by atoms with Crippen molar-refractivity contribution in [3.05, 3.63) is 70.7 Å². The lowest BCUT2D eigenvalue weighted by atomic mass is 9.89. The standard InChI is InChI=1S/C29H33ClN2O7S/c1-18-7-10-24-21(13-18)22(16-29(2,3)39-24)31-28(33)17-32(23-14-19(30)8-11-25(23)36-4)40(34,35)20-9-12-26(37-5)27(15-20)38-6/h7-15,22H,16-17H2,1-6H3,(H,31,33). The van der Waals surface area contributed by atoms with Gasteiger partial charge in [0, 0.05) is 23.1 Å². The van der Waals surface area contributed by atoms with Gasteiger partial charge in [0.25, 0.3) is 10.0 Å². The number of rotatable bonds is 9. The highest BCUT2D eigenvalue weighted by atomic mass is 35.5. The number of aryl methyl sites for hydroxylation is 1. The van der Waals surface area contributed by atoms with Gasteiger partial charge in [-0.05, 0) is 57.2 Å². The fraction of sp³-hybridized carbons (Fsp3) is 0.345. The highest BCUT2D eigenvalue weighted by Gasteiger charge is 2.36. The van der Waals surface area contributed by atoms with E-state index in [1.807, 2.05) is 39.0 Å². The molecule has 0 fully saturated rings. The van der Waals surface area contributed by atoms with Crippen LogP contribution in [0.5, 0.6) is 23.0 Å². The molecule has 1 aliphatic rings. The van der Waals surface area contributed by atoms with Crippen LogP contribution in [0.15, 0.2) is 59.5 Å². The zero-order valence-electron chi connectivity index (χ0n) is 23.3. The maximum absolute atomic E-state index is 14.1. The number of nitrogens with one attached hydrogen (secondary N) is 1. The summed E-state index contributed by atoms with van der Waals surface area (Å²) in [7, 11) is -0.0331. The number of ether oxygens (including phenoxy) is 4. The Bertz CT molecular complexity index is 1520. The number of methoxy groups -OCH3 is 3. The first-order valence-electron chi connectivity index (χ1n) is 12.6. The van der Waals surface area contributed by atoms with Crippen LogP contribution in [0.1, 0.15) is 37.4 Å². The predicted octanol–water partition coefficient (Wildman–Crippen LogP) is 5.29. The third-order valence-corrected chi connectivity index (χ3v) is 8.59. The van der Waals surface area contributed by atoms with E-state index in [-0.39, 0.29) is 27.1 Å². The number of carbonyl (C=O) groups excluding carboxylic acids is 1. The van der Waals surface area contributed by atoms with Gasteiger partial charge in [0.15, 0.2) is 11.5 Å². The molecule has 40 heavy (non-hydrogen) atoms. The van der Waals surface area contributed by atoms with E-state index in [9.17, 15) is 13.2 Å². The second kappa shape index (κ2) is 11.5. The van der Waals surface area contributed by atoms with E-state index in [0.29, 0.717) is 17.9 Å². The summed E-state index contributed by atoms with van der Waals surface area (Å²) in [4.78, 5) is 13.5. The molecule has 0 bridgehead atoms. The number of hydrogen-bond acceptors (Lipinski definition) is 7. The van der Waals surface area contributed by atoms with Crippen LogP contribution in [0.4, 0.5) is 5.69 Å². The molecule has 9 nitrogen and oxygen atoms in total. The molecule has 1 heterocycles. The van der Waals surface area contributed by atoms with Crippen LogP contribution in [0.3, 0.4) is 0 Å². The van der Waals surface area contributed by atoms with Gasteiger partial charge in [0.2, 0.25) is 5.91 Å². The molecule has 0 aromatic heterocycles. The first kappa shape index (κ1) is 29.4. The average Bonchev–Trinajstić information content (AvgIpc) is 2.91. The summed E-state index contributed by atoms with van der Waals surface area (Å²) in [5.74, 6) is 0.985. The minimum atomic E-state index is -4.31. The van der Waals surface area contributed by atoms with Crippen LogP contribution >= 0.6 is 11.6 Å². The smallest absolute Gasteiger partial charge is 0.265 e. The van der Waals surface area contributed by atoms with Gasteiger partial charge in [-0.25, -0.2) is 8.42 Å². The molecule has 1 aliphatic heterocycles. The van der Waals surface area contributed by atoms with Crippen LogP contribution in [-0.2, 0) is 14.8 Å². The SMILES string of the molecule is COc1ccc(S(=O)(=O)N(CC(=O)NC2CC(C)(C)Oc3ccc(C)cc32)c2cc(Cl)ccc2OC)cc1OC. The van der Waals surface area contributed by atoms with Crippen molar-refractivity contribution in [2.75, 3.05) is 32.2 Å². The molecule has 0 saturated carbocycles. The summed E-state index contributed by atoms with van der Waals surface area (Å²) in [5, 5.41) is 3.31. The van der Waals surface area contributed by atoms with Gasteiger partial charge < -0.3 is 24.3 Å². The third-order valence-electron chi connectivity index (χ3n) is 6.60. The van der Waals surface area contributed by atoms with Gasteiger partial charge in [-0.1, -0.05) is 29.3 Å². The maximum atomic E-state index is 14.1. The highest BCUT2D eigenvalue weighted by Crippen LogP contribution is 2.41. The molecule has 3 aromatic rings. The van der Waals surface area contributed by atoms with E-state index in [1.54, 1.807) is 12.1 Å². The zero-order valence-corrected chi connectivity index (χ0v) is 24.9. The summed E-state index contributed by atoms with van der Waals surface area (Å²) >= 11 is 6.27. The van der Waals surface area contributed by atoms with Crippen LogP contribution in [0, 0.1) is 6.92 Å². The monoisotopic (exact) mass is 588 g/mol. The Morgan fingerprint density at radius 1 is 1.00 bits per heavy atom. The number of hydrogen-bond donors (Lipinski definition) is 1. The summed E-state index contributed by atoms with van der Waals surface area (Å²) in [5.41, 5.74) is 1.43. The van der Waals surface area contributed by atoms with E-state index in [0.717, 1.165) is 15.4 Å². The van der Waals surface area contributed by atoms with Crippen molar-refractivity contribution >= 4 is 33.2 Å². The first-order valence-corrected chi connectivity index (χ1v) is 14.4. The first-order chi connectivity index (χ1) is 18.9. The quantitative estimate of drug-likeness (QED) is 0.362. The van der Waals surface area contributed by atoms with E-state index in [2.05, 4.69) is 5.32 Å². The molecule has 214 valence electrons. The Hall–Kier alpha value is -3.63. The van der Waals surface area contributed by atoms with Crippen molar-refractivity contribution in [2.24, 2.45) is 0 Å². The lowest BCUT2D eigenvalue weighted by Gasteiger charge is -2.38. The molecule has 1 N–H and O–H groups in total. The lowest BCUT2D eigenvalue weighted by Crippen LogP contribution is -2.45. The Morgan fingerprint density at radius 2 is 1.68 bits per heavy atom. The van der Waals surface area contributed by atoms with Gasteiger partial charge in [-0.15, -0.1) is 0 Å². The minimum absolute atomic E-state index is 0.104. The predicted molar refractivity (Wildman–Crippen MR) is 153 cm³/mol. The zero-order chi connectivity index (χ0) is 29.2. The Balaban J connectivity index is 1.74. The van der Waals surface area contributed by atoms with Gasteiger partial charge >= 0.3 is 0 Å². The molecule has 0 radical (unpaired) electrons. The van der Waals surface area contributed by atoms with Crippen LogP contribution in [0.25, 0.3) is 0 Å². The van der Waals surface area contributed by atoms with Gasteiger partial charge in [0.05, 0.1) is 38.0 Å². The number of carbonyl (C=O) groups is 1. The third kappa shape index (κ3) is 6.08. The van der Waals surface area contributed by atoms with Crippen molar-refractivity contribution in [3.8, 4) is 23.0 Å². The fourth-order valence-electron chi connectivity index (χ4n) is 4.74. The van der Waals surface area contributed by atoms with Crippen molar-refractivity contribution < 1.29 is 32.2 Å². The molecule has 1 unspecified atom stereocenters. The van der Waals surface area contributed by atoms with E-state index < -0.39 is 34.1 Å². The summed E-state index contributed by atoms with van der Waals surface area (Å²) in [6, 6.07) is 14.2. The van der Waals surface area contributed by atoms with Crippen molar-refractivity contribution in [1.29, 1.82) is 0 Å². The Kier molecular flexibility index (Phi) is 8.41. The summed E-state index contributed by atoms with van der Waals surface area (Å²) in [6.07, 6.45) is 0.498. The van der Waals surface area contributed by atoms with E-state index in [1.165, 1.54) is 45.6 Å². The van der Waals surface area contributed by atoms with E-state index in [4.69, 9.17) is 30.5 Å². The summed E-state index contributed by atoms with van der Waals surface area (Å²) < 4.78 is 51.3. The molecule has 3 aromatic carbocycles. The average molecular weight is 589 g/mol. The molecular formula is C29H33ClN2O7S. The molecule has 0 spiro atoms. The summed E-state index contributed by atoms with van der Waals surface area (Å²) in [6.45, 7) is 5.31. The molecule has 1 amide bonds. The number of halogens is 1. The molecule has 4 rings (SSSR count). The minimum Gasteiger partial charge on any atom is -0.495 e. The van der Waals surface area contributed by atoms with Crippen molar-refractivity contribution in [1.82, 2.24) is 5.32 Å². The van der Waals surface area contributed by atoms with Gasteiger partial charge in [0.1, 0.15) is 23.6 Å². The van der Waals surface area contributed by atoms with Crippen molar-refractivity contribution in [3.63, 3.8) is 0 Å². The number of nitrogens with zero attached hydrogens (tertiary/aromatic N) is 1. The van der Waals surface area contributed by atoms with Crippen LogP contribution in [-0.4, -0.2) is 47.8 Å².